The monoisotopic (exact) mass is 360 g/mol. The van der Waals surface area contributed by atoms with Crippen LogP contribution in [0.2, 0.25) is 0 Å². The smallest absolute Gasteiger partial charge is 0.344 e. The van der Waals surface area contributed by atoms with Gasteiger partial charge in [0.15, 0.2) is 0 Å². The molecule has 4 rings (SSSR count). The number of benzene rings is 1. The molecule has 2 heterocycles. The minimum atomic E-state index is -4.17. The van der Waals surface area contributed by atoms with E-state index in [4.69, 9.17) is 0 Å². The molecule has 0 amide bonds. The molecule has 0 saturated heterocycles. The summed E-state index contributed by atoms with van der Waals surface area (Å²) in [5, 5.41) is 1.80. The Balaban J connectivity index is 1.76. The Morgan fingerprint density at radius 3 is 2.65 bits per heavy atom. The van der Waals surface area contributed by atoms with Gasteiger partial charge in [0.05, 0.1) is 5.92 Å². The van der Waals surface area contributed by atoms with Gasteiger partial charge in [-0.05, 0) is 31.0 Å². The lowest BCUT2D eigenvalue weighted by Gasteiger charge is -2.24. The zero-order valence-electron chi connectivity index (χ0n) is 14.9. The molecule has 1 aromatic carbocycles. The average Bonchev–Trinajstić information content (AvgIpc) is 2.92. The molecule has 138 valence electrons. The van der Waals surface area contributed by atoms with Crippen LogP contribution in [0.25, 0.3) is 12.2 Å². The normalized spacial score (nSPS) is 20.1. The molecule has 1 aliphatic heterocycles. The summed E-state index contributed by atoms with van der Waals surface area (Å²) in [7, 11) is 2.03. The third kappa shape index (κ3) is 3.20. The van der Waals surface area contributed by atoms with Gasteiger partial charge in [0.25, 0.3) is 0 Å². The maximum atomic E-state index is 13.3. The van der Waals surface area contributed by atoms with Crippen LogP contribution in [0.5, 0.6) is 0 Å². The molecule has 1 unspecified atom stereocenters. The van der Waals surface area contributed by atoms with Crippen molar-refractivity contribution in [3.63, 3.8) is 0 Å². The van der Waals surface area contributed by atoms with E-state index < -0.39 is 12.1 Å². The number of aromatic nitrogens is 1. The van der Waals surface area contributed by atoms with Crippen molar-refractivity contribution >= 4 is 12.2 Å². The lowest BCUT2D eigenvalue weighted by Crippen LogP contribution is -2.38. The number of halogens is 3. The molecular weight excluding hydrogens is 337 g/mol. The summed E-state index contributed by atoms with van der Waals surface area (Å²) in [6, 6.07) is 10.3. The Kier molecular flexibility index (Phi) is 4.43. The van der Waals surface area contributed by atoms with Gasteiger partial charge in [0.2, 0.25) is 0 Å². The van der Waals surface area contributed by atoms with E-state index in [9.17, 15) is 13.2 Å². The minimum absolute atomic E-state index is 0.0422. The van der Waals surface area contributed by atoms with E-state index in [1.165, 1.54) is 17.3 Å². The van der Waals surface area contributed by atoms with Gasteiger partial charge < -0.3 is 9.47 Å². The number of alkyl halides is 3. The first kappa shape index (κ1) is 17.4. The molecule has 26 heavy (non-hydrogen) atoms. The summed E-state index contributed by atoms with van der Waals surface area (Å²) in [6.07, 6.45) is 0.921. The number of aryl methyl sites for hydroxylation is 1. The Bertz CT molecular complexity index is 909. The fourth-order valence-corrected chi connectivity index (χ4v) is 4.15. The van der Waals surface area contributed by atoms with Gasteiger partial charge >= 0.3 is 6.18 Å². The zero-order valence-corrected chi connectivity index (χ0v) is 14.9. The highest BCUT2D eigenvalue weighted by Gasteiger charge is 2.38. The topological polar surface area (TPSA) is 8.17 Å². The molecule has 0 bridgehead atoms. The molecule has 2 nitrogen and oxygen atoms in total. The van der Waals surface area contributed by atoms with Gasteiger partial charge in [-0.3, -0.25) is 0 Å². The molecule has 0 saturated carbocycles. The van der Waals surface area contributed by atoms with Crippen LogP contribution in [-0.4, -0.2) is 29.2 Å². The molecule has 0 radical (unpaired) electrons. The molecule has 0 fully saturated rings. The number of rotatable bonds is 3. The van der Waals surface area contributed by atoms with Crippen LogP contribution < -0.4 is 10.6 Å². The molecular formula is C21H23F3N2. The first-order chi connectivity index (χ1) is 12.4. The van der Waals surface area contributed by atoms with Gasteiger partial charge in [-0.2, -0.15) is 13.2 Å². The summed E-state index contributed by atoms with van der Waals surface area (Å²) >= 11 is 0. The molecule has 2 aromatic rings. The molecule has 2 aliphatic rings. The van der Waals surface area contributed by atoms with Crippen molar-refractivity contribution in [2.45, 2.75) is 38.5 Å². The van der Waals surface area contributed by atoms with Crippen LogP contribution >= 0.6 is 0 Å². The lowest BCUT2D eigenvalue weighted by atomic mass is 9.97. The highest BCUT2D eigenvalue weighted by atomic mass is 19.4. The van der Waals surface area contributed by atoms with E-state index in [0.29, 0.717) is 0 Å². The van der Waals surface area contributed by atoms with E-state index in [2.05, 4.69) is 21.6 Å². The average molecular weight is 360 g/mol. The van der Waals surface area contributed by atoms with Crippen molar-refractivity contribution in [2.24, 2.45) is 5.92 Å². The summed E-state index contributed by atoms with van der Waals surface area (Å²) in [5.41, 5.74) is 3.57. The molecule has 1 atom stereocenters. The third-order valence-electron chi connectivity index (χ3n) is 5.54. The number of hydrogen-bond donors (Lipinski definition) is 0. The van der Waals surface area contributed by atoms with E-state index in [0.717, 1.165) is 48.6 Å². The van der Waals surface area contributed by atoms with Crippen LogP contribution in [0, 0.1) is 5.92 Å². The number of fused-ring (bicyclic) bond motifs is 3. The van der Waals surface area contributed by atoms with Crippen molar-refractivity contribution < 1.29 is 13.2 Å². The Hall–Kier alpha value is -2.01. The molecule has 1 aromatic heterocycles. The fraction of sp³-hybridized carbons (Fsp3) is 0.429. The lowest BCUT2D eigenvalue weighted by molar-refractivity contribution is -0.155. The first-order valence-corrected chi connectivity index (χ1v) is 9.15. The maximum absolute atomic E-state index is 13.3. The van der Waals surface area contributed by atoms with Gasteiger partial charge in [-0.15, -0.1) is 0 Å². The highest BCUT2D eigenvalue weighted by Crippen LogP contribution is 2.31. The molecule has 5 heteroatoms. The van der Waals surface area contributed by atoms with Gasteiger partial charge in [-0.25, -0.2) is 0 Å². The van der Waals surface area contributed by atoms with Crippen LogP contribution in [-0.2, 0) is 25.9 Å². The second-order valence-electron chi connectivity index (χ2n) is 7.35. The van der Waals surface area contributed by atoms with Crippen molar-refractivity contribution in [3.05, 3.63) is 57.7 Å². The van der Waals surface area contributed by atoms with Crippen molar-refractivity contribution in [1.82, 2.24) is 9.47 Å². The predicted molar refractivity (Wildman–Crippen MR) is 97.0 cm³/mol. The third-order valence-corrected chi connectivity index (χ3v) is 5.54. The molecule has 0 spiro atoms. The largest absolute Gasteiger partial charge is 0.395 e. The minimum Gasteiger partial charge on any atom is -0.344 e. The Morgan fingerprint density at radius 2 is 1.92 bits per heavy atom. The standard InChI is InChI=1S/C21H23F3N2/c1-25-11-10-20-18(14-25)17-13-16(21(22,23)24)7-8-19(17)26(20)12-9-15-5-3-2-4-6-15/h2-6,8,13,16H,7,9-12,14H2,1H3. The van der Waals surface area contributed by atoms with Crippen LogP contribution in [0.3, 0.4) is 0 Å². The van der Waals surface area contributed by atoms with E-state index in [1.54, 1.807) is 6.08 Å². The molecule has 0 N–H and O–H groups in total. The SMILES string of the molecule is CN1CCc2c(c3c(n2CCc2ccccc2)=CCC(C(F)(F)F)C=3)C1. The maximum Gasteiger partial charge on any atom is 0.395 e. The Morgan fingerprint density at radius 1 is 1.15 bits per heavy atom. The number of nitrogens with zero attached hydrogens (tertiary/aromatic N) is 2. The van der Waals surface area contributed by atoms with E-state index in [1.807, 2.05) is 25.2 Å². The summed E-state index contributed by atoms with van der Waals surface area (Å²) in [6.45, 7) is 2.49. The van der Waals surface area contributed by atoms with Crippen molar-refractivity contribution in [1.29, 1.82) is 0 Å². The van der Waals surface area contributed by atoms with Gasteiger partial charge in [-0.1, -0.05) is 42.5 Å². The fourth-order valence-electron chi connectivity index (χ4n) is 4.15. The summed E-state index contributed by atoms with van der Waals surface area (Å²) in [4.78, 5) is 2.19. The Labute approximate surface area is 151 Å². The first-order valence-electron chi connectivity index (χ1n) is 9.15. The number of likely N-dealkylation sites (N-methyl/N-ethyl adjacent to an activating group) is 1. The summed E-state index contributed by atoms with van der Waals surface area (Å²) < 4.78 is 42.0. The number of hydrogen-bond acceptors (Lipinski definition) is 1. The van der Waals surface area contributed by atoms with Crippen molar-refractivity contribution in [3.8, 4) is 0 Å². The predicted octanol–water partition coefficient (Wildman–Crippen LogP) is 2.86. The van der Waals surface area contributed by atoms with Gasteiger partial charge in [0, 0.05) is 42.3 Å². The van der Waals surface area contributed by atoms with Gasteiger partial charge in [0.1, 0.15) is 0 Å². The quantitative estimate of drug-likeness (QED) is 0.817. The van der Waals surface area contributed by atoms with Crippen LogP contribution in [0.4, 0.5) is 13.2 Å². The zero-order chi connectivity index (χ0) is 18.3. The van der Waals surface area contributed by atoms with Crippen LogP contribution in [0.15, 0.2) is 30.3 Å². The van der Waals surface area contributed by atoms with Crippen molar-refractivity contribution in [2.75, 3.05) is 13.6 Å². The van der Waals surface area contributed by atoms with E-state index in [-0.39, 0.29) is 6.42 Å². The van der Waals surface area contributed by atoms with E-state index >= 15 is 0 Å². The second kappa shape index (κ2) is 6.62. The van der Waals surface area contributed by atoms with Crippen LogP contribution in [0.1, 0.15) is 23.2 Å². The highest BCUT2D eigenvalue weighted by molar-refractivity contribution is 5.46. The molecule has 1 aliphatic carbocycles. The summed E-state index contributed by atoms with van der Waals surface area (Å²) in [5.74, 6) is -1.36. The second-order valence-corrected chi connectivity index (χ2v) is 7.35.